The molecule has 0 fully saturated rings. The molecular formula is C12H14ClFN4O. The molecule has 0 radical (unpaired) electrons. The van der Waals surface area contributed by atoms with Gasteiger partial charge in [-0.15, -0.1) is 10.2 Å². The normalized spacial score (nSPS) is 10.9. The number of hydrogen-bond acceptors (Lipinski definition) is 4. The van der Waals surface area contributed by atoms with Gasteiger partial charge in [-0.3, -0.25) is 0 Å². The van der Waals surface area contributed by atoms with Crippen LogP contribution in [0.5, 0.6) is 0 Å². The van der Waals surface area contributed by atoms with E-state index in [4.69, 9.17) is 22.1 Å². The first-order valence-electron chi connectivity index (χ1n) is 5.74. The van der Waals surface area contributed by atoms with Gasteiger partial charge in [0.05, 0.1) is 23.7 Å². The molecule has 102 valence electrons. The molecule has 0 aliphatic rings. The summed E-state index contributed by atoms with van der Waals surface area (Å²) < 4.78 is 20.7. The lowest BCUT2D eigenvalue weighted by atomic mass is 10.2. The van der Waals surface area contributed by atoms with Crippen LogP contribution in [0.3, 0.4) is 0 Å². The lowest BCUT2D eigenvalue weighted by Gasteiger charge is -2.10. The molecule has 2 rings (SSSR count). The molecule has 0 saturated carbocycles. The van der Waals surface area contributed by atoms with Gasteiger partial charge in [-0.25, -0.2) is 4.39 Å². The van der Waals surface area contributed by atoms with Crippen molar-refractivity contribution in [2.24, 2.45) is 5.73 Å². The fraction of sp³-hybridized carbons (Fsp3) is 0.333. The van der Waals surface area contributed by atoms with E-state index >= 15 is 0 Å². The second-order valence-electron chi connectivity index (χ2n) is 3.89. The molecule has 1 aromatic heterocycles. The van der Waals surface area contributed by atoms with Gasteiger partial charge in [0.25, 0.3) is 0 Å². The maximum atomic E-state index is 13.9. The molecule has 0 unspecified atom stereocenters. The first-order valence-corrected chi connectivity index (χ1v) is 6.12. The fourth-order valence-electron chi connectivity index (χ4n) is 1.80. The lowest BCUT2D eigenvalue weighted by Crippen LogP contribution is -2.13. The predicted octanol–water partition coefficient (Wildman–Crippen LogP) is 1.84. The molecule has 5 nitrogen and oxygen atoms in total. The van der Waals surface area contributed by atoms with E-state index in [-0.39, 0.29) is 17.1 Å². The number of aromatic nitrogens is 3. The number of ether oxygens (including phenoxy) is 1. The third kappa shape index (κ3) is 2.75. The Morgan fingerprint density at radius 2 is 2.21 bits per heavy atom. The zero-order chi connectivity index (χ0) is 13.8. The van der Waals surface area contributed by atoms with Crippen molar-refractivity contribution in [1.82, 2.24) is 14.8 Å². The Morgan fingerprint density at radius 3 is 2.84 bits per heavy atom. The molecule has 0 spiro atoms. The average molecular weight is 285 g/mol. The standard InChI is InChI=1S/C12H14ClFN4O/c1-19-6-5-18-10(7-15)16-17-12(18)11-8(13)3-2-4-9(11)14/h2-4H,5-7,15H2,1H3. The molecule has 1 heterocycles. The number of nitrogens with zero attached hydrogens (tertiary/aromatic N) is 3. The van der Waals surface area contributed by atoms with Crippen molar-refractivity contribution in [3.8, 4) is 11.4 Å². The largest absolute Gasteiger partial charge is 0.383 e. The summed E-state index contributed by atoms with van der Waals surface area (Å²) in [4.78, 5) is 0. The first-order chi connectivity index (χ1) is 9.19. The van der Waals surface area contributed by atoms with Crippen LogP contribution in [0.2, 0.25) is 5.02 Å². The van der Waals surface area contributed by atoms with Crippen LogP contribution >= 0.6 is 11.6 Å². The van der Waals surface area contributed by atoms with Crippen LogP contribution in [-0.2, 0) is 17.8 Å². The highest BCUT2D eigenvalue weighted by Crippen LogP contribution is 2.29. The van der Waals surface area contributed by atoms with E-state index in [1.54, 1.807) is 23.8 Å². The molecule has 0 bridgehead atoms. The quantitative estimate of drug-likeness (QED) is 0.910. The molecular weight excluding hydrogens is 271 g/mol. The topological polar surface area (TPSA) is 66.0 Å². The van der Waals surface area contributed by atoms with E-state index in [0.717, 1.165) is 0 Å². The van der Waals surface area contributed by atoms with E-state index in [1.165, 1.54) is 6.07 Å². The molecule has 0 aliphatic carbocycles. The van der Waals surface area contributed by atoms with Crippen LogP contribution in [0.15, 0.2) is 18.2 Å². The van der Waals surface area contributed by atoms with Crippen LogP contribution in [0.1, 0.15) is 5.82 Å². The van der Waals surface area contributed by atoms with Gasteiger partial charge in [0.2, 0.25) is 0 Å². The molecule has 0 amide bonds. The van der Waals surface area contributed by atoms with Gasteiger partial charge in [-0.1, -0.05) is 17.7 Å². The van der Waals surface area contributed by atoms with Gasteiger partial charge in [0.15, 0.2) is 5.82 Å². The second-order valence-corrected chi connectivity index (χ2v) is 4.29. The summed E-state index contributed by atoms with van der Waals surface area (Å²) in [5.74, 6) is 0.481. The molecule has 2 aromatic rings. The van der Waals surface area contributed by atoms with Crippen molar-refractivity contribution < 1.29 is 9.13 Å². The van der Waals surface area contributed by atoms with Crippen molar-refractivity contribution in [2.75, 3.05) is 13.7 Å². The van der Waals surface area contributed by atoms with Crippen LogP contribution in [-0.4, -0.2) is 28.5 Å². The van der Waals surface area contributed by atoms with Crippen molar-refractivity contribution >= 4 is 11.6 Å². The summed E-state index contributed by atoms with van der Waals surface area (Å²) in [7, 11) is 1.59. The molecule has 1 aromatic carbocycles. The van der Waals surface area contributed by atoms with E-state index in [2.05, 4.69) is 10.2 Å². The zero-order valence-corrected chi connectivity index (χ0v) is 11.2. The zero-order valence-electron chi connectivity index (χ0n) is 10.4. The van der Waals surface area contributed by atoms with Crippen LogP contribution < -0.4 is 5.73 Å². The Kier molecular flexibility index (Phi) is 4.47. The highest BCUT2D eigenvalue weighted by Gasteiger charge is 2.18. The Hall–Kier alpha value is -1.50. The summed E-state index contributed by atoms with van der Waals surface area (Å²) >= 11 is 6.04. The molecule has 0 saturated heterocycles. The summed E-state index contributed by atoms with van der Waals surface area (Å²) in [6, 6.07) is 4.48. The Morgan fingerprint density at radius 1 is 1.42 bits per heavy atom. The maximum Gasteiger partial charge on any atom is 0.168 e. The summed E-state index contributed by atoms with van der Waals surface area (Å²) in [6.45, 7) is 1.14. The van der Waals surface area contributed by atoms with Gasteiger partial charge < -0.3 is 15.0 Å². The van der Waals surface area contributed by atoms with Gasteiger partial charge in [-0.05, 0) is 12.1 Å². The Bertz CT molecular complexity index is 553. The van der Waals surface area contributed by atoms with Gasteiger partial charge in [-0.2, -0.15) is 0 Å². The van der Waals surface area contributed by atoms with Gasteiger partial charge in [0.1, 0.15) is 11.6 Å². The number of hydrogen-bond donors (Lipinski definition) is 1. The highest BCUT2D eigenvalue weighted by atomic mass is 35.5. The third-order valence-corrected chi connectivity index (χ3v) is 3.03. The number of methoxy groups -OCH3 is 1. The van der Waals surface area contributed by atoms with Gasteiger partial charge in [0, 0.05) is 13.7 Å². The van der Waals surface area contributed by atoms with Crippen molar-refractivity contribution in [2.45, 2.75) is 13.1 Å². The van der Waals surface area contributed by atoms with Crippen molar-refractivity contribution in [1.29, 1.82) is 0 Å². The van der Waals surface area contributed by atoms with E-state index in [0.29, 0.717) is 24.8 Å². The summed E-state index contributed by atoms with van der Waals surface area (Å²) in [5.41, 5.74) is 5.83. The molecule has 2 N–H and O–H groups in total. The predicted molar refractivity (Wildman–Crippen MR) is 70.2 cm³/mol. The molecule has 7 heteroatoms. The van der Waals surface area contributed by atoms with Crippen molar-refractivity contribution in [3.05, 3.63) is 34.9 Å². The van der Waals surface area contributed by atoms with Crippen LogP contribution in [0.4, 0.5) is 4.39 Å². The average Bonchev–Trinajstić information content (AvgIpc) is 2.79. The minimum atomic E-state index is -0.442. The summed E-state index contributed by atoms with van der Waals surface area (Å²) in [5, 5.41) is 8.22. The SMILES string of the molecule is COCCn1c(CN)nnc1-c1c(F)cccc1Cl. The third-order valence-electron chi connectivity index (χ3n) is 2.72. The molecule has 19 heavy (non-hydrogen) atoms. The Labute approximate surface area is 115 Å². The number of benzene rings is 1. The second kappa shape index (κ2) is 6.10. The van der Waals surface area contributed by atoms with E-state index in [1.807, 2.05) is 0 Å². The monoisotopic (exact) mass is 284 g/mol. The smallest absolute Gasteiger partial charge is 0.168 e. The molecule has 0 aliphatic heterocycles. The van der Waals surface area contributed by atoms with Crippen LogP contribution in [0.25, 0.3) is 11.4 Å². The number of halogens is 2. The number of rotatable bonds is 5. The highest BCUT2D eigenvalue weighted by molar-refractivity contribution is 6.33. The van der Waals surface area contributed by atoms with Crippen molar-refractivity contribution in [3.63, 3.8) is 0 Å². The number of nitrogens with two attached hydrogens (primary N) is 1. The summed E-state index contributed by atoms with van der Waals surface area (Å²) in [6.07, 6.45) is 0. The fourth-order valence-corrected chi connectivity index (χ4v) is 2.05. The van der Waals surface area contributed by atoms with Gasteiger partial charge >= 0.3 is 0 Å². The Balaban J connectivity index is 2.52. The van der Waals surface area contributed by atoms with E-state index < -0.39 is 5.82 Å². The first kappa shape index (κ1) is 13.9. The minimum Gasteiger partial charge on any atom is -0.383 e. The maximum absolute atomic E-state index is 13.9. The minimum absolute atomic E-state index is 0.211. The lowest BCUT2D eigenvalue weighted by molar-refractivity contribution is 0.186. The van der Waals surface area contributed by atoms with E-state index in [9.17, 15) is 4.39 Å². The van der Waals surface area contributed by atoms with Crippen LogP contribution in [0, 0.1) is 5.82 Å². The molecule has 0 atom stereocenters.